The number of aliphatic hydroxyl groups is 1. The summed E-state index contributed by atoms with van der Waals surface area (Å²) in [5, 5.41) is 13.0. The molecule has 1 fully saturated rings. The zero-order valence-corrected chi connectivity index (χ0v) is 20.0. The van der Waals surface area contributed by atoms with Crippen LogP contribution >= 0.6 is 0 Å². The van der Waals surface area contributed by atoms with E-state index in [1.165, 1.54) is 11.1 Å². The highest BCUT2D eigenvalue weighted by atomic mass is 16.5. The molecule has 1 heterocycles. The molecule has 2 aliphatic rings. The summed E-state index contributed by atoms with van der Waals surface area (Å²) in [5.41, 5.74) is 5.15. The van der Waals surface area contributed by atoms with E-state index in [1.807, 2.05) is 18.2 Å². The van der Waals surface area contributed by atoms with Crippen LogP contribution in [0.3, 0.4) is 0 Å². The van der Waals surface area contributed by atoms with Gasteiger partial charge in [-0.2, -0.15) is 0 Å². The smallest absolute Gasteiger partial charge is 0.251 e. The Kier molecular flexibility index (Phi) is 6.49. The third-order valence-electron chi connectivity index (χ3n) is 6.77. The second kappa shape index (κ2) is 9.87. The van der Waals surface area contributed by atoms with Crippen LogP contribution in [0.4, 0.5) is 0 Å². The van der Waals surface area contributed by atoms with E-state index >= 15 is 0 Å². The van der Waals surface area contributed by atoms with E-state index in [0.29, 0.717) is 30.4 Å². The zero-order chi connectivity index (χ0) is 24.4. The summed E-state index contributed by atoms with van der Waals surface area (Å²) < 4.78 is 12.1. The van der Waals surface area contributed by atoms with Gasteiger partial charge in [0.2, 0.25) is 0 Å². The summed E-state index contributed by atoms with van der Waals surface area (Å²) in [6, 6.07) is 19.6. The second-order valence-electron chi connectivity index (χ2n) is 9.50. The first-order chi connectivity index (χ1) is 17.0. The molecular weight excluding hydrogens is 438 g/mol. The Morgan fingerprint density at radius 2 is 1.80 bits per heavy atom. The van der Waals surface area contributed by atoms with Gasteiger partial charge in [0.05, 0.1) is 12.4 Å². The maximum absolute atomic E-state index is 12.6. The van der Waals surface area contributed by atoms with Gasteiger partial charge in [-0.15, -0.1) is 0 Å². The van der Waals surface area contributed by atoms with E-state index in [0.717, 1.165) is 48.3 Å². The molecule has 0 saturated heterocycles. The maximum Gasteiger partial charge on any atom is 0.251 e. The molecule has 35 heavy (non-hydrogen) atoms. The van der Waals surface area contributed by atoms with Crippen molar-refractivity contribution < 1.29 is 19.4 Å². The first kappa shape index (κ1) is 23.0. The van der Waals surface area contributed by atoms with Crippen LogP contribution in [0.5, 0.6) is 17.2 Å². The molecule has 1 saturated carbocycles. The number of rotatable bonds is 8. The number of benzene rings is 3. The molecule has 1 amide bonds. The predicted octanol–water partition coefficient (Wildman–Crippen LogP) is 6.58. The molecular formula is C30H31NO4. The Bertz CT molecular complexity index is 1230. The number of ether oxygens (including phenoxy) is 2. The van der Waals surface area contributed by atoms with Gasteiger partial charge in [0, 0.05) is 29.7 Å². The summed E-state index contributed by atoms with van der Waals surface area (Å²) in [5.74, 6) is 2.61. The molecule has 3 aromatic carbocycles. The number of carbonyl (C=O) groups is 1. The number of hydrogen-bond donors (Lipinski definition) is 2. The van der Waals surface area contributed by atoms with Gasteiger partial charge in [-0.25, -0.2) is 0 Å². The minimum atomic E-state index is -0.103. The molecule has 0 radical (unpaired) electrons. The Morgan fingerprint density at radius 1 is 1.06 bits per heavy atom. The van der Waals surface area contributed by atoms with Crippen LogP contribution < -0.4 is 14.8 Å². The minimum absolute atomic E-state index is 0.0974. The molecule has 0 bridgehead atoms. The molecule has 180 valence electrons. The van der Waals surface area contributed by atoms with E-state index in [1.54, 1.807) is 12.1 Å². The number of carbonyl (C=O) groups excluding carboxylic acids is 1. The van der Waals surface area contributed by atoms with Gasteiger partial charge < -0.3 is 19.9 Å². The van der Waals surface area contributed by atoms with Crippen LogP contribution in [0.2, 0.25) is 0 Å². The maximum atomic E-state index is 12.6. The van der Waals surface area contributed by atoms with Crippen molar-refractivity contribution in [3.05, 3.63) is 101 Å². The van der Waals surface area contributed by atoms with Gasteiger partial charge in [0.25, 0.3) is 5.91 Å². The van der Waals surface area contributed by atoms with Gasteiger partial charge in [-0.3, -0.25) is 4.79 Å². The normalized spacial score (nSPS) is 16.7. The molecule has 0 spiro atoms. The molecule has 0 aromatic heterocycles. The lowest BCUT2D eigenvalue weighted by Crippen LogP contribution is -2.25. The third-order valence-corrected chi connectivity index (χ3v) is 6.77. The highest BCUT2D eigenvalue weighted by Crippen LogP contribution is 2.50. The second-order valence-corrected chi connectivity index (χ2v) is 9.50. The molecule has 5 nitrogen and oxygen atoms in total. The van der Waals surface area contributed by atoms with E-state index in [4.69, 9.17) is 9.47 Å². The van der Waals surface area contributed by atoms with Crippen molar-refractivity contribution >= 4 is 5.91 Å². The van der Waals surface area contributed by atoms with E-state index in [-0.39, 0.29) is 17.6 Å². The number of aliphatic hydroxyl groups excluding tert-OH is 1. The Hall–Kier alpha value is -3.73. The lowest BCUT2D eigenvalue weighted by atomic mass is 9.89. The van der Waals surface area contributed by atoms with Gasteiger partial charge >= 0.3 is 0 Å². The van der Waals surface area contributed by atoms with Crippen LogP contribution in [0.25, 0.3) is 0 Å². The average Bonchev–Trinajstić information content (AvgIpc) is 3.70. The fourth-order valence-electron chi connectivity index (χ4n) is 4.56. The molecule has 5 heteroatoms. The minimum Gasteiger partial charge on any atom is -0.512 e. The summed E-state index contributed by atoms with van der Waals surface area (Å²) >= 11 is 0. The number of fused-ring (bicyclic) bond motifs is 1. The Balaban J connectivity index is 1.25. The largest absolute Gasteiger partial charge is 0.512 e. The van der Waals surface area contributed by atoms with Crippen molar-refractivity contribution in [2.45, 2.75) is 44.4 Å². The molecule has 1 unspecified atom stereocenters. The molecule has 2 N–H and O–H groups in total. The van der Waals surface area contributed by atoms with E-state index in [2.05, 4.69) is 49.2 Å². The van der Waals surface area contributed by atoms with Crippen molar-refractivity contribution in [3.63, 3.8) is 0 Å². The Morgan fingerprint density at radius 3 is 2.49 bits per heavy atom. The number of aryl methyl sites for hydroxylation is 1. The average molecular weight is 470 g/mol. The van der Waals surface area contributed by atoms with Gasteiger partial charge in [0.15, 0.2) is 0 Å². The van der Waals surface area contributed by atoms with Crippen molar-refractivity contribution in [3.8, 4) is 17.2 Å². The van der Waals surface area contributed by atoms with Crippen molar-refractivity contribution in [2.24, 2.45) is 0 Å². The van der Waals surface area contributed by atoms with Crippen LogP contribution in [0, 0.1) is 6.92 Å². The van der Waals surface area contributed by atoms with Crippen LogP contribution in [-0.2, 0) is 6.42 Å². The molecule has 3 aromatic rings. The fourth-order valence-corrected chi connectivity index (χ4v) is 4.56. The summed E-state index contributed by atoms with van der Waals surface area (Å²) in [6.45, 7) is 6.94. The zero-order valence-electron chi connectivity index (χ0n) is 20.0. The SMILES string of the molecule is C=C(O)C1CCOc2cc(Oc3ccc(C(=O)NCCc4ccc(C)cc4)cc3)c(C3CC3)cc21. The first-order valence-corrected chi connectivity index (χ1v) is 12.3. The van der Waals surface area contributed by atoms with Crippen molar-refractivity contribution in [2.75, 3.05) is 13.2 Å². The quantitative estimate of drug-likeness (QED) is 0.366. The molecule has 1 aliphatic carbocycles. The van der Waals surface area contributed by atoms with Crippen molar-refractivity contribution in [1.29, 1.82) is 0 Å². The monoisotopic (exact) mass is 469 g/mol. The topological polar surface area (TPSA) is 67.8 Å². The first-order valence-electron chi connectivity index (χ1n) is 12.3. The van der Waals surface area contributed by atoms with Crippen LogP contribution in [-0.4, -0.2) is 24.2 Å². The fraction of sp³-hybridized carbons (Fsp3) is 0.300. The van der Waals surface area contributed by atoms with Gasteiger partial charge in [0.1, 0.15) is 17.2 Å². The lowest BCUT2D eigenvalue weighted by molar-refractivity contribution is 0.0954. The molecule has 1 atom stereocenters. The summed E-state index contributed by atoms with van der Waals surface area (Å²) in [7, 11) is 0. The number of amides is 1. The standard InChI is InChI=1S/C30H31NO4/c1-19-3-5-21(6-4-19)13-15-31-30(33)23-9-11-24(12-10-23)35-29-18-28-27(17-26(29)22-7-8-22)25(20(2)32)14-16-34-28/h3-6,9-12,17-18,22,25,32H,2,7-8,13-16H2,1H3,(H,31,33). The number of nitrogens with one attached hydrogen (secondary N) is 1. The number of allylic oxidation sites excluding steroid dienone is 1. The Labute approximate surface area is 206 Å². The molecule has 5 rings (SSSR count). The van der Waals surface area contributed by atoms with E-state index < -0.39 is 0 Å². The van der Waals surface area contributed by atoms with E-state index in [9.17, 15) is 9.90 Å². The lowest BCUT2D eigenvalue weighted by Gasteiger charge is -2.27. The molecule has 1 aliphatic heterocycles. The highest BCUT2D eigenvalue weighted by Gasteiger charge is 2.32. The summed E-state index contributed by atoms with van der Waals surface area (Å²) in [4.78, 5) is 12.6. The van der Waals surface area contributed by atoms with Crippen molar-refractivity contribution in [1.82, 2.24) is 5.32 Å². The predicted molar refractivity (Wildman–Crippen MR) is 137 cm³/mol. The van der Waals surface area contributed by atoms with Crippen LogP contribution in [0.15, 0.2) is 73.0 Å². The van der Waals surface area contributed by atoms with Gasteiger partial charge in [-0.05, 0) is 80.0 Å². The van der Waals surface area contributed by atoms with Crippen LogP contribution in [0.1, 0.15) is 63.7 Å². The summed E-state index contributed by atoms with van der Waals surface area (Å²) in [6.07, 6.45) is 3.77. The number of hydrogen-bond acceptors (Lipinski definition) is 4. The van der Waals surface area contributed by atoms with Gasteiger partial charge in [-0.1, -0.05) is 36.4 Å². The highest BCUT2D eigenvalue weighted by molar-refractivity contribution is 5.94. The third kappa shape index (κ3) is 5.35.